The molecule has 192 valence electrons. The number of methoxy groups -OCH3 is 1. The molecule has 0 saturated carbocycles. The predicted octanol–water partition coefficient (Wildman–Crippen LogP) is 3.73. The van der Waals surface area contributed by atoms with E-state index in [1.165, 1.54) is 12.1 Å². The number of alkyl halides is 2. The van der Waals surface area contributed by atoms with Gasteiger partial charge in [-0.25, -0.2) is 23.7 Å². The zero-order valence-electron chi connectivity index (χ0n) is 20.6. The van der Waals surface area contributed by atoms with Crippen LogP contribution in [0.3, 0.4) is 0 Å². The quantitative estimate of drug-likeness (QED) is 0.387. The summed E-state index contributed by atoms with van der Waals surface area (Å²) in [7, 11) is 3.37. The highest BCUT2D eigenvalue weighted by molar-refractivity contribution is 5.92. The molecule has 1 amide bonds. The van der Waals surface area contributed by atoms with Crippen molar-refractivity contribution >= 4 is 17.7 Å². The van der Waals surface area contributed by atoms with Crippen molar-refractivity contribution < 1.29 is 18.3 Å². The van der Waals surface area contributed by atoms with Gasteiger partial charge in [-0.15, -0.1) is 0 Å². The molecule has 0 aliphatic carbocycles. The van der Waals surface area contributed by atoms with Crippen LogP contribution in [0.2, 0.25) is 0 Å². The summed E-state index contributed by atoms with van der Waals surface area (Å²) in [5.41, 5.74) is 2.46. The summed E-state index contributed by atoms with van der Waals surface area (Å²) in [5.74, 6) is 1.05. The highest BCUT2D eigenvalue weighted by Gasteiger charge is 2.35. The number of benzene rings is 1. The van der Waals surface area contributed by atoms with Gasteiger partial charge in [-0.3, -0.25) is 9.48 Å². The van der Waals surface area contributed by atoms with Crippen LogP contribution in [0.15, 0.2) is 48.9 Å². The number of nitrogens with one attached hydrogen (secondary N) is 1. The van der Waals surface area contributed by atoms with Crippen LogP contribution < -0.4 is 5.32 Å². The van der Waals surface area contributed by atoms with Gasteiger partial charge in [-0.1, -0.05) is 18.2 Å². The minimum atomic E-state index is -2.58. The van der Waals surface area contributed by atoms with Crippen molar-refractivity contribution in [1.82, 2.24) is 34.2 Å². The van der Waals surface area contributed by atoms with Gasteiger partial charge in [0.2, 0.25) is 5.95 Å². The molecule has 1 aromatic carbocycles. The number of carbonyl (C=O) groups excluding carboxylic acids is 1. The fourth-order valence-corrected chi connectivity index (χ4v) is 4.39. The second-order valence-electron chi connectivity index (χ2n) is 8.88. The number of hydrogen-bond acceptors (Lipinski definition) is 7. The second kappa shape index (κ2) is 10.1. The molecule has 0 saturated heterocycles. The molecule has 0 fully saturated rings. The number of rotatable bonds is 8. The molecule has 1 N–H and O–H groups in total. The highest BCUT2D eigenvalue weighted by atomic mass is 19.3. The van der Waals surface area contributed by atoms with Gasteiger partial charge in [0.1, 0.15) is 11.5 Å². The summed E-state index contributed by atoms with van der Waals surface area (Å²) in [6.07, 6.45) is 2.57. The Morgan fingerprint density at radius 2 is 2.08 bits per heavy atom. The normalized spacial score (nSPS) is 15.4. The van der Waals surface area contributed by atoms with Crippen molar-refractivity contribution in [3.8, 4) is 11.4 Å². The average molecular weight is 509 g/mol. The standard InChI is InChI=1S/C25H26F2N8O2/c1-15-10-28-25(31-20-7-8-29-33(20)2)32-21(15)19-13-34-12-18(14-37-3)35(24(36)23(34)30-19)11-16-5-4-6-17(9-16)22(26)27/h4-10,13,18,22H,11-12,14H2,1-3H3,(H,28,31,32)/t18-/m1/s1. The monoisotopic (exact) mass is 508 g/mol. The number of anilines is 2. The Morgan fingerprint density at radius 1 is 1.24 bits per heavy atom. The summed E-state index contributed by atoms with van der Waals surface area (Å²) in [6.45, 7) is 2.78. The number of ether oxygens (including phenoxy) is 1. The molecule has 4 heterocycles. The molecule has 0 unspecified atom stereocenters. The second-order valence-corrected chi connectivity index (χ2v) is 8.88. The number of hydrogen-bond donors (Lipinski definition) is 1. The van der Waals surface area contributed by atoms with Crippen LogP contribution in [0.5, 0.6) is 0 Å². The minimum Gasteiger partial charge on any atom is -0.382 e. The van der Waals surface area contributed by atoms with Crippen LogP contribution in [0.4, 0.5) is 20.5 Å². The van der Waals surface area contributed by atoms with Crippen LogP contribution in [0.25, 0.3) is 11.4 Å². The van der Waals surface area contributed by atoms with Gasteiger partial charge in [0.25, 0.3) is 12.3 Å². The lowest BCUT2D eigenvalue weighted by Gasteiger charge is -2.35. The van der Waals surface area contributed by atoms with E-state index < -0.39 is 6.43 Å². The average Bonchev–Trinajstić information content (AvgIpc) is 3.49. The van der Waals surface area contributed by atoms with E-state index in [0.717, 1.165) is 11.4 Å². The summed E-state index contributed by atoms with van der Waals surface area (Å²) in [6, 6.07) is 7.62. The molecule has 10 nitrogen and oxygen atoms in total. The number of fused-ring (bicyclic) bond motifs is 1. The first-order valence-corrected chi connectivity index (χ1v) is 11.7. The SMILES string of the molecule is COC[C@H]1Cn2cc(-c3nc(Nc4ccnn4C)ncc3C)nc2C(=O)N1Cc1cccc(C(F)F)c1. The summed E-state index contributed by atoms with van der Waals surface area (Å²) >= 11 is 0. The Balaban J connectivity index is 1.45. The van der Waals surface area contributed by atoms with Gasteiger partial charge >= 0.3 is 0 Å². The molecule has 0 spiro atoms. The van der Waals surface area contributed by atoms with Crippen molar-refractivity contribution in [2.24, 2.45) is 7.05 Å². The lowest BCUT2D eigenvalue weighted by molar-refractivity contribution is 0.0380. The third kappa shape index (κ3) is 4.92. The minimum absolute atomic E-state index is 0.0798. The van der Waals surface area contributed by atoms with E-state index in [9.17, 15) is 13.6 Å². The number of nitrogens with zero attached hydrogens (tertiary/aromatic N) is 7. The number of imidazole rings is 1. The van der Waals surface area contributed by atoms with E-state index >= 15 is 0 Å². The van der Waals surface area contributed by atoms with Crippen molar-refractivity contribution in [3.63, 3.8) is 0 Å². The maximum atomic E-state index is 13.6. The largest absolute Gasteiger partial charge is 0.382 e. The van der Waals surface area contributed by atoms with Gasteiger partial charge in [0.05, 0.1) is 24.5 Å². The fraction of sp³-hybridized carbons (Fsp3) is 0.320. The zero-order valence-corrected chi connectivity index (χ0v) is 20.6. The van der Waals surface area contributed by atoms with E-state index in [-0.39, 0.29) is 29.9 Å². The Morgan fingerprint density at radius 3 is 2.81 bits per heavy atom. The smallest absolute Gasteiger partial charge is 0.290 e. The fourth-order valence-electron chi connectivity index (χ4n) is 4.39. The Hall–Kier alpha value is -4.19. The van der Waals surface area contributed by atoms with Crippen LogP contribution in [-0.2, 0) is 24.9 Å². The molecular formula is C25H26F2N8O2. The summed E-state index contributed by atoms with van der Waals surface area (Å²) in [4.78, 5) is 28.8. The number of carbonyl (C=O) groups is 1. The first-order chi connectivity index (χ1) is 17.8. The molecule has 3 aromatic heterocycles. The molecule has 1 aliphatic rings. The predicted molar refractivity (Wildman–Crippen MR) is 131 cm³/mol. The molecule has 0 bridgehead atoms. The highest BCUT2D eigenvalue weighted by Crippen LogP contribution is 2.28. The molecular weight excluding hydrogens is 482 g/mol. The Bertz CT molecular complexity index is 1430. The first kappa shape index (κ1) is 24.5. The molecule has 1 aliphatic heterocycles. The van der Waals surface area contributed by atoms with E-state index in [1.807, 2.05) is 6.92 Å². The van der Waals surface area contributed by atoms with Gasteiger partial charge in [-0.2, -0.15) is 5.10 Å². The third-order valence-electron chi connectivity index (χ3n) is 6.27. The lowest BCUT2D eigenvalue weighted by atomic mass is 10.1. The van der Waals surface area contributed by atoms with Gasteiger partial charge in [0, 0.05) is 51.3 Å². The van der Waals surface area contributed by atoms with Crippen molar-refractivity contribution in [2.75, 3.05) is 19.0 Å². The number of aromatic nitrogens is 6. The van der Waals surface area contributed by atoms with Crippen molar-refractivity contribution in [3.05, 3.63) is 71.4 Å². The van der Waals surface area contributed by atoms with Crippen LogP contribution in [-0.4, -0.2) is 59.9 Å². The van der Waals surface area contributed by atoms with Gasteiger partial charge in [-0.05, 0) is 24.1 Å². The third-order valence-corrected chi connectivity index (χ3v) is 6.27. The maximum absolute atomic E-state index is 13.6. The molecule has 0 radical (unpaired) electrons. The Kier molecular flexibility index (Phi) is 6.66. The van der Waals surface area contributed by atoms with Gasteiger partial charge in [0.15, 0.2) is 5.82 Å². The first-order valence-electron chi connectivity index (χ1n) is 11.7. The van der Waals surface area contributed by atoms with Crippen LogP contribution in [0.1, 0.15) is 33.7 Å². The summed E-state index contributed by atoms with van der Waals surface area (Å²) in [5, 5.41) is 7.26. The maximum Gasteiger partial charge on any atom is 0.290 e. The van der Waals surface area contributed by atoms with Crippen molar-refractivity contribution in [1.29, 1.82) is 0 Å². The van der Waals surface area contributed by atoms with E-state index in [1.54, 1.807) is 65.1 Å². The molecule has 37 heavy (non-hydrogen) atoms. The number of aryl methyl sites for hydroxylation is 2. The van der Waals surface area contributed by atoms with Gasteiger partial charge < -0.3 is 19.5 Å². The van der Waals surface area contributed by atoms with Crippen LogP contribution >= 0.6 is 0 Å². The number of halogens is 2. The molecule has 1 atom stereocenters. The topological polar surface area (TPSA) is 103 Å². The lowest BCUT2D eigenvalue weighted by Crippen LogP contribution is -2.49. The van der Waals surface area contributed by atoms with Crippen molar-refractivity contribution in [2.45, 2.75) is 32.5 Å². The van der Waals surface area contributed by atoms with Crippen LogP contribution in [0, 0.1) is 6.92 Å². The molecule has 4 aromatic rings. The Labute approximate surface area is 211 Å². The molecule has 5 rings (SSSR count). The summed E-state index contributed by atoms with van der Waals surface area (Å²) < 4.78 is 35.3. The van der Waals surface area contributed by atoms with E-state index in [4.69, 9.17) is 4.74 Å². The van der Waals surface area contributed by atoms with E-state index in [0.29, 0.717) is 36.1 Å². The molecule has 12 heteroatoms. The zero-order chi connectivity index (χ0) is 26.1. The number of amides is 1. The van der Waals surface area contributed by atoms with E-state index in [2.05, 4.69) is 25.4 Å².